The second-order valence-corrected chi connectivity index (χ2v) is 9.90. The van der Waals surface area contributed by atoms with Gasteiger partial charge in [0.2, 0.25) is 11.8 Å². The maximum atomic E-state index is 13.0. The molecule has 0 heterocycles. The van der Waals surface area contributed by atoms with Gasteiger partial charge in [-0.2, -0.15) is 0 Å². The van der Waals surface area contributed by atoms with Crippen molar-refractivity contribution in [2.75, 3.05) is 12.3 Å². The minimum absolute atomic E-state index is 0.0295. The molecule has 2 aromatic carbocycles. The van der Waals surface area contributed by atoms with Crippen molar-refractivity contribution in [3.05, 3.63) is 68.6 Å². The number of rotatable bonds is 11. The van der Waals surface area contributed by atoms with Gasteiger partial charge in [0.25, 0.3) is 0 Å². The number of amides is 2. The number of hydrogen-bond acceptors (Lipinski definition) is 3. The molecular weight excluding hydrogens is 528 g/mol. The SMILES string of the molecule is CCCCNC(=O)C(C)N(Cc1ccc(Br)cc1)C(=O)CSCc1ccc(Br)cc1. The van der Waals surface area contributed by atoms with E-state index in [1.165, 1.54) is 5.56 Å². The van der Waals surface area contributed by atoms with E-state index < -0.39 is 6.04 Å². The van der Waals surface area contributed by atoms with Gasteiger partial charge in [-0.15, -0.1) is 11.8 Å². The van der Waals surface area contributed by atoms with E-state index in [0.29, 0.717) is 18.8 Å². The Balaban J connectivity index is 2.02. The van der Waals surface area contributed by atoms with Crippen LogP contribution < -0.4 is 5.32 Å². The van der Waals surface area contributed by atoms with Crippen LogP contribution in [0.25, 0.3) is 0 Å². The Bertz CT molecular complexity index is 813. The molecule has 1 N–H and O–H groups in total. The maximum Gasteiger partial charge on any atom is 0.242 e. The van der Waals surface area contributed by atoms with Gasteiger partial charge >= 0.3 is 0 Å². The van der Waals surface area contributed by atoms with Gasteiger partial charge in [-0.1, -0.05) is 69.5 Å². The van der Waals surface area contributed by atoms with Crippen LogP contribution in [-0.2, 0) is 21.9 Å². The fraction of sp³-hybridized carbons (Fsp3) is 0.391. The van der Waals surface area contributed by atoms with E-state index in [-0.39, 0.29) is 11.8 Å². The Kier molecular flexibility index (Phi) is 11.0. The molecule has 2 amide bonds. The molecular formula is C23H28Br2N2O2S. The van der Waals surface area contributed by atoms with E-state index in [9.17, 15) is 9.59 Å². The quantitative estimate of drug-likeness (QED) is 0.358. The summed E-state index contributed by atoms with van der Waals surface area (Å²) < 4.78 is 2.02. The molecule has 30 heavy (non-hydrogen) atoms. The van der Waals surface area contributed by atoms with Crippen molar-refractivity contribution in [1.29, 1.82) is 0 Å². The van der Waals surface area contributed by atoms with E-state index in [2.05, 4.69) is 44.1 Å². The number of nitrogens with one attached hydrogen (secondary N) is 1. The summed E-state index contributed by atoms with van der Waals surface area (Å²) >= 11 is 8.44. The minimum Gasteiger partial charge on any atom is -0.354 e. The fourth-order valence-electron chi connectivity index (χ4n) is 2.82. The molecule has 0 aliphatic heterocycles. The molecule has 7 heteroatoms. The summed E-state index contributed by atoms with van der Waals surface area (Å²) in [5.41, 5.74) is 2.17. The minimum atomic E-state index is -0.522. The number of carbonyl (C=O) groups excluding carboxylic acids is 2. The predicted octanol–water partition coefficient (Wildman–Crippen LogP) is 5.78. The van der Waals surface area contributed by atoms with Gasteiger partial charge in [-0.3, -0.25) is 9.59 Å². The van der Waals surface area contributed by atoms with Crippen LogP contribution in [0, 0.1) is 0 Å². The third-order valence-electron chi connectivity index (χ3n) is 4.67. The van der Waals surface area contributed by atoms with E-state index in [0.717, 1.165) is 33.1 Å². The van der Waals surface area contributed by atoms with E-state index in [4.69, 9.17) is 0 Å². The van der Waals surface area contributed by atoms with Gasteiger partial charge in [0.1, 0.15) is 6.04 Å². The van der Waals surface area contributed by atoms with Gasteiger partial charge in [0, 0.05) is 27.8 Å². The summed E-state index contributed by atoms with van der Waals surface area (Å²) in [5.74, 6) is 0.950. The first-order valence-corrected chi connectivity index (χ1v) is 12.8. The van der Waals surface area contributed by atoms with Gasteiger partial charge in [0.05, 0.1) is 5.75 Å². The molecule has 0 saturated heterocycles. The first kappa shape index (κ1) is 25.0. The molecule has 4 nitrogen and oxygen atoms in total. The number of unbranched alkanes of at least 4 members (excludes halogenated alkanes) is 1. The second kappa shape index (κ2) is 13.2. The van der Waals surface area contributed by atoms with Crippen LogP contribution in [-0.4, -0.2) is 35.1 Å². The van der Waals surface area contributed by atoms with Crippen LogP contribution in [0.1, 0.15) is 37.8 Å². The van der Waals surface area contributed by atoms with E-state index in [1.54, 1.807) is 23.6 Å². The molecule has 162 valence electrons. The third kappa shape index (κ3) is 8.44. The smallest absolute Gasteiger partial charge is 0.242 e. The Hall–Kier alpha value is -1.31. The zero-order valence-electron chi connectivity index (χ0n) is 17.4. The van der Waals surface area contributed by atoms with Crippen LogP contribution in [0.15, 0.2) is 57.5 Å². The number of hydrogen-bond donors (Lipinski definition) is 1. The summed E-state index contributed by atoms with van der Waals surface area (Å²) in [4.78, 5) is 27.3. The van der Waals surface area contributed by atoms with Gasteiger partial charge in [-0.05, 0) is 48.7 Å². The molecule has 0 fully saturated rings. The molecule has 0 aromatic heterocycles. The van der Waals surface area contributed by atoms with E-state index >= 15 is 0 Å². The van der Waals surface area contributed by atoms with Gasteiger partial charge in [0.15, 0.2) is 0 Å². The van der Waals surface area contributed by atoms with Crippen LogP contribution in [0.5, 0.6) is 0 Å². The molecule has 0 aliphatic carbocycles. The molecule has 2 aromatic rings. The number of carbonyl (C=O) groups is 2. The van der Waals surface area contributed by atoms with Crippen LogP contribution in [0.3, 0.4) is 0 Å². The van der Waals surface area contributed by atoms with Crippen molar-refractivity contribution in [3.8, 4) is 0 Å². The highest BCUT2D eigenvalue weighted by molar-refractivity contribution is 9.10. The Morgan fingerprint density at radius 2 is 1.57 bits per heavy atom. The lowest BCUT2D eigenvalue weighted by molar-refractivity contribution is -0.138. The van der Waals surface area contributed by atoms with Crippen LogP contribution in [0.4, 0.5) is 0 Å². The topological polar surface area (TPSA) is 49.4 Å². The number of benzene rings is 2. The zero-order chi connectivity index (χ0) is 21.9. The molecule has 0 saturated carbocycles. The lowest BCUT2D eigenvalue weighted by Crippen LogP contribution is -2.48. The number of halogens is 2. The lowest BCUT2D eigenvalue weighted by atomic mass is 10.1. The molecule has 2 rings (SSSR count). The highest BCUT2D eigenvalue weighted by Crippen LogP contribution is 2.19. The van der Waals surface area contributed by atoms with Crippen molar-refractivity contribution >= 4 is 55.4 Å². The monoisotopic (exact) mass is 554 g/mol. The largest absolute Gasteiger partial charge is 0.354 e. The average Bonchev–Trinajstić information content (AvgIpc) is 2.74. The van der Waals surface area contributed by atoms with E-state index in [1.807, 2.05) is 48.5 Å². The summed E-state index contributed by atoms with van der Waals surface area (Å²) in [5, 5.41) is 2.95. The van der Waals surface area contributed by atoms with Gasteiger partial charge in [-0.25, -0.2) is 0 Å². The number of nitrogens with zero attached hydrogens (tertiary/aromatic N) is 1. The summed E-state index contributed by atoms with van der Waals surface area (Å²) in [6.07, 6.45) is 1.95. The molecule has 1 atom stereocenters. The molecule has 0 radical (unpaired) electrons. The van der Waals surface area contributed by atoms with Crippen molar-refractivity contribution in [2.24, 2.45) is 0 Å². The van der Waals surface area contributed by atoms with Crippen molar-refractivity contribution < 1.29 is 9.59 Å². The van der Waals surface area contributed by atoms with Gasteiger partial charge < -0.3 is 10.2 Å². The average molecular weight is 556 g/mol. The predicted molar refractivity (Wildman–Crippen MR) is 132 cm³/mol. The summed E-state index contributed by atoms with van der Waals surface area (Å²) in [7, 11) is 0. The zero-order valence-corrected chi connectivity index (χ0v) is 21.4. The molecule has 0 bridgehead atoms. The highest BCUT2D eigenvalue weighted by atomic mass is 79.9. The Labute approximate surface area is 200 Å². The van der Waals surface area contributed by atoms with Crippen molar-refractivity contribution in [3.63, 3.8) is 0 Å². The summed E-state index contributed by atoms with van der Waals surface area (Å²) in [6, 6.07) is 15.4. The van der Waals surface area contributed by atoms with Crippen LogP contribution >= 0.6 is 43.6 Å². The first-order chi connectivity index (χ1) is 14.4. The maximum absolute atomic E-state index is 13.0. The molecule has 1 unspecified atom stereocenters. The third-order valence-corrected chi connectivity index (χ3v) is 6.72. The summed E-state index contributed by atoms with van der Waals surface area (Å²) in [6.45, 7) is 4.94. The number of thioether (sulfide) groups is 1. The van der Waals surface area contributed by atoms with Crippen molar-refractivity contribution in [1.82, 2.24) is 10.2 Å². The Morgan fingerprint density at radius 3 is 2.13 bits per heavy atom. The molecule has 0 aliphatic rings. The van der Waals surface area contributed by atoms with Crippen LogP contribution in [0.2, 0.25) is 0 Å². The lowest BCUT2D eigenvalue weighted by Gasteiger charge is -2.29. The van der Waals surface area contributed by atoms with Crippen molar-refractivity contribution in [2.45, 2.75) is 45.0 Å². The fourth-order valence-corrected chi connectivity index (χ4v) is 4.22. The second-order valence-electron chi connectivity index (χ2n) is 7.09. The highest BCUT2D eigenvalue weighted by Gasteiger charge is 2.25. The standard InChI is InChI=1S/C23H28Br2N2O2S/c1-3-4-13-26-23(29)17(2)27(14-18-5-9-20(24)10-6-18)22(28)16-30-15-19-7-11-21(25)12-8-19/h5-12,17H,3-4,13-16H2,1-2H3,(H,26,29). The molecule has 0 spiro atoms. The normalized spacial score (nSPS) is 11.7. The Morgan fingerprint density at radius 1 is 1.00 bits per heavy atom. The first-order valence-electron chi connectivity index (χ1n) is 10.0.